The summed E-state index contributed by atoms with van der Waals surface area (Å²) in [6.07, 6.45) is 1.13. The lowest BCUT2D eigenvalue weighted by Crippen LogP contribution is -2.16. The van der Waals surface area contributed by atoms with E-state index in [0.29, 0.717) is 5.92 Å². The second kappa shape index (κ2) is 7.39. The topological polar surface area (TPSA) is 44.5 Å². The van der Waals surface area contributed by atoms with Crippen molar-refractivity contribution in [1.82, 2.24) is 0 Å². The van der Waals surface area contributed by atoms with Gasteiger partial charge in [0, 0.05) is 19.8 Å². The van der Waals surface area contributed by atoms with Gasteiger partial charge in [-0.3, -0.25) is 0 Å². The third-order valence-electron chi connectivity index (χ3n) is 2.79. The largest absolute Gasteiger partial charge is 0.491 e. The van der Waals surface area contributed by atoms with Crippen molar-refractivity contribution in [2.45, 2.75) is 39.3 Å². The van der Waals surface area contributed by atoms with Crippen LogP contribution in [0.5, 0.6) is 5.75 Å². The molecule has 1 aromatic rings. The summed E-state index contributed by atoms with van der Waals surface area (Å²) in [6.45, 7) is 6.94. The molecule has 0 saturated heterocycles. The first kappa shape index (κ1) is 15.0. The lowest BCUT2D eigenvalue weighted by Gasteiger charge is -2.17. The predicted molar refractivity (Wildman–Crippen MR) is 74.8 cm³/mol. The molecule has 0 spiro atoms. The highest BCUT2D eigenvalue weighted by Gasteiger charge is 2.11. The van der Waals surface area contributed by atoms with Crippen molar-refractivity contribution in [1.29, 1.82) is 0 Å². The zero-order valence-corrected chi connectivity index (χ0v) is 11.8. The number of benzene rings is 1. The second-order valence-electron chi connectivity index (χ2n) is 5.14. The van der Waals surface area contributed by atoms with Crippen molar-refractivity contribution in [2.75, 3.05) is 13.7 Å². The molecule has 0 radical (unpaired) electrons. The zero-order valence-electron chi connectivity index (χ0n) is 11.8. The van der Waals surface area contributed by atoms with Crippen LogP contribution in [0.2, 0.25) is 0 Å². The Bertz CT molecular complexity index is 335. The molecule has 0 amide bonds. The Morgan fingerprint density at radius 3 is 2.22 bits per heavy atom. The average molecular weight is 251 g/mol. The van der Waals surface area contributed by atoms with E-state index in [1.165, 1.54) is 0 Å². The average Bonchev–Trinajstić information content (AvgIpc) is 2.29. The highest BCUT2D eigenvalue weighted by atomic mass is 16.5. The Morgan fingerprint density at radius 2 is 1.72 bits per heavy atom. The van der Waals surface area contributed by atoms with Gasteiger partial charge < -0.3 is 15.2 Å². The van der Waals surface area contributed by atoms with E-state index in [1.54, 1.807) is 7.11 Å². The molecular formula is C15H25NO2. The molecule has 2 N–H and O–H groups in total. The van der Waals surface area contributed by atoms with Gasteiger partial charge in [-0.05, 0) is 43.9 Å². The summed E-state index contributed by atoms with van der Waals surface area (Å²) in [5.74, 6) is 1.36. The maximum Gasteiger partial charge on any atom is 0.119 e. The van der Waals surface area contributed by atoms with Crippen LogP contribution in [-0.4, -0.2) is 19.8 Å². The molecule has 0 aromatic heterocycles. The number of hydrogen-bond acceptors (Lipinski definition) is 3. The van der Waals surface area contributed by atoms with Gasteiger partial charge in [0.05, 0.1) is 6.10 Å². The summed E-state index contributed by atoms with van der Waals surface area (Å²) in [4.78, 5) is 0. The van der Waals surface area contributed by atoms with Crippen LogP contribution in [0, 0.1) is 5.92 Å². The maximum absolute atomic E-state index is 6.18. The van der Waals surface area contributed by atoms with E-state index in [-0.39, 0.29) is 12.1 Å². The van der Waals surface area contributed by atoms with E-state index in [2.05, 4.69) is 6.92 Å². The van der Waals surface area contributed by atoms with Gasteiger partial charge in [0.1, 0.15) is 5.75 Å². The summed E-state index contributed by atoms with van der Waals surface area (Å²) in [5.41, 5.74) is 7.33. The van der Waals surface area contributed by atoms with E-state index in [4.69, 9.17) is 15.2 Å². The lowest BCUT2D eigenvalue weighted by atomic mass is 9.97. The van der Waals surface area contributed by atoms with Gasteiger partial charge in [0.15, 0.2) is 0 Å². The summed E-state index contributed by atoms with van der Waals surface area (Å²) in [6, 6.07) is 8.11. The Labute approximate surface area is 110 Å². The molecule has 0 aliphatic rings. The first-order valence-electron chi connectivity index (χ1n) is 6.54. The molecule has 1 aromatic carbocycles. The van der Waals surface area contributed by atoms with Gasteiger partial charge in [-0.15, -0.1) is 0 Å². The summed E-state index contributed by atoms with van der Waals surface area (Å²) < 4.78 is 10.7. The molecule has 18 heavy (non-hydrogen) atoms. The van der Waals surface area contributed by atoms with Crippen molar-refractivity contribution >= 4 is 0 Å². The van der Waals surface area contributed by atoms with E-state index < -0.39 is 0 Å². The summed E-state index contributed by atoms with van der Waals surface area (Å²) >= 11 is 0. The van der Waals surface area contributed by atoms with Crippen LogP contribution in [0.3, 0.4) is 0 Å². The lowest BCUT2D eigenvalue weighted by molar-refractivity contribution is 0.152. The van der Waals surface area contributed by atoms with Crippen LogP contribution in [0.4, 0.5) is 0 Å². The number of methoxy groups -OCH3 is 1. The molecule has 0 bridgehead atoms. The van der Waals surface area contributed by atoms with Gasteiger partial charge in [0.2, 0.25) is 0 Å². The molecular weight excluding hydrogens is 226 g/mol. The fraction of sp³-hybridized carbons (Fsp3) is 0.600. The van der Waals surface area contributed by atoms with E-state index >= 15 is 0 Å². The second-order valence-corrected chi connectivity index (χ2v) is 5.14. The van der Waals surface area contributed by atoms with E-state index in [1.807, 2.05) is 38.1 Å². The highest BCUT2D eigenvalue weighted by molar-refractivity contribution is 5.29. The fourth-order valence-electron chi connectivity index (χ4n) is 1.99. The van der Waals surface area contributed by atoms with Crippen LogP contribution >= 0.6 is 0 Å². The van der Waals surface area contributed by atoms with Crippen LogP contribution < -0.4 is 10.5 Å². The molecule has 0 fully saturated rings. The van der Waals surface area contributed by atoms with Crippen LogP contribution in [0.1, 0.15) is 38.8 Å². The SMILES string of the molecule is COCC(C)CC(N)c1ccc(OC(C)C)cc1. The fourth-order valence-corrected chi connectivity index (χ4v) is 1.99. The van der Waals surface area contributed by atoms with Gasteiger partial charge in [-0.25, -0.2) is 0 Å². The van der Waals surface area contributed by atoms with E-state index in [9.17, 15) is 0 Å². The molecule has 102 valence electrons. The molecule has 3 heteroatoms. The zero-order chi connectivity index (χ0) is 13.5. The van der Waals surface area contributed by atoms with Gasteiger partial charge in [0.25, 0.3) is 0 Å². The van der Waals surface area contributed by atoms with Crippen LogP contribution in [0.15, 0.2) is 24.3 Å². The first-order chi connectivity index (χ1) is 8.52. The number of nitrogens with two attached hydrogens (primary N) is 1. The van der Waals surface area contributed by atoms with Gasteiger partial charge >= 0.3 is 0 Å². The monoisotopic (exact) mass is 251 g/mol. The van der Waals surface area contributed by atoms with Crippen molar-refractivity contribution in [3.63, 3.8) is 0 Å². The Hall–Kier alpha value is -1.06. The predicted octanol–water partition coefficient (Wildman–Crippen LogP) is 3.15. The van der Waals surface area contributed by atoms with Crippen molar-refractivity contribution in [3.8, 4) is 5.75 Å². The molecule has 3 nitrogen and oxygen atoms in total. The standard InChI is InChI=1S/C15H25NO2/c1-11(2)18-14-7-5-13(6-8-14)15(16)9-12(3)10-17-4/h5-8,11-12,15H,9-10,16H2,1-4H3. The molecule has 0 aliphatic heterocycles. The van der Waals surface area contributed by atoms with Crippen LogP contribution in [-0.2, 0) is 4.74 Å². The Kier molecular flexibility index (Phi) is 6.16. The summed E-state index contributed by atoms with van der Waals surface area (Å²) in [5, 5.41) is 0. The maximum atomic E-state index is 6.18. The molecule has 0 heterocycles. The van der Waals surface area contributed by atoms with Gasteiger partial charge in [-0.2, -0.15) is 0 Å². The normalized spacial score (nSPS) is 14.6. The quantitative estimate of drug-likeness (QED) is 0.809. The number of rotatable bonds is 7. The molecule has 0 saturated carbocycles. The minimum atomic E-state index is 0.0586. The molecule has 0 aliphatic carbocycles. The minimum Gasteiger partial charge on any atom is -0.491 e. The van der Waals surface area contributed by atoms with Crippen molar-refractivity contribution < 1.29 is 9.47 Å². The smallest absolute Gasteiger partial charge is 0.119 e. The van der Waals surface area contributed by atoms with Gasteiger partial charge in [-0.1, -0.05) is 19.1 Å². The first-order valence-corrected chi connectivity index (χ1v) is 6.54. The highest BCUT2D eigenvalue weighted by Crippen LogP contribution is 2.22. The third-order valence-corrected chi connectivity index (χ3v) is 2.79. The molecule has 2 atom stereocenters. The number of ether oxygens (including phenoxy) is 2. The Balaban J connectivity index is 2.55. The number of hydrogen-bond donors (Lipinski definition) is 1. The van der Waals surface area contributed by atoms with Crippen molar-refractivity contribution in [2.24, 2.45) is 11.7 Å². The van der Waals surface area contributed by atoms with Crippen LogP contribution in [0.25, 0.3) is 0 Å². The molecule has 2 unspecified atom stereocenters. The minimum absolute atomic E-state index is 0.0586. The van der Waals surface area contributed by atoms with E-state index in [0.717, 1.165) is 24.3 Å². The third kappa shape index (κ3) is 5.07. The Morgan fingerprint density at radius 1 is 1.11 bits per heavy atom. The summed E-state index contributed by atoms with van der Waals surface area (Å²) in [7, 11) is 1.72. The molecule has 1 rings (SSSR count). The van der Waals surface area contributed by atoms with Crippen molar-refractivity contribution in [3.05, 3.63) is 29.8 Å².